The van der Waals surface area contributed by atoms with Gasteiger partial charge in [0.25, 0.3) is 0 Å². The van der Waals surface area contributed by atoms with Gasteiger partial charge in [-0.1, -0.05) is 26.3 Å². The molecule has 0 spiro atoms. The van der Waals surface area contributed by atoms with Gasteiger partial charge in [0.1, 0.15) is 0 Å². The van der Waals surface area contributed by atoms with Crippen molar-refractivity contribution in [2.24, 2.45) is 0 Å². The maximum Gasteiger partial charge on any atom is 0.0177 e. The Morgan fingerprint density at radius 3 is 2.83 bits per heavy atom. The molecule has 70 valence electrons. The Kier molecular flexibility index (Phi) is 4.20. The van der Waals surface area contributed by atoms with Crippen molar-refractivity contribution in [2.75, 3.05) is 13.1 Å². The quantitative estimate of drug-likeness (QED) is 0.621. The van der Waals surface area contributed by atoms with Crippen LogP contribution in [0.15, 0.2) is 11.8 Å². The molecule has 0 fully saturated rings. The lowest BCUT2D eigenvalue weighted by Gasteiger charge is -2.30. The summed E-state index contributed by atoms with van der Waals surface area (Å²) in [6.07, 6.45) is 8.93. The van der Waals surface area contributed by atoms with Crippen molar-refractivity contribution in [2.45, 2.75) is 46.0 Å². The third kappa shape index (κ3) is 2.54. The molecule has 1 aliphatic heterocycles. The molecular formula is C11H21N. The van der Waals surface area contributed by atoms with Crippen molar-refractivity contribution in [3.8, 4) is 0 Å². The molecule has 1 heteroatoms. The predicted octanol–water partition coefficient (Wildman–Crippen LogP) is 3.18. The molecule has 12 heavy (non-hydrogen) atoms. The fourth-order valence-corrected chi connectivity index (χ4v) is 1.87. The summed E-state index contributed by atoms with van der Waals surface area (Å²) in [6, 6.07) is 0. The van der Waals surface area contributed by atoms with Crippen LogP contribution in [0.25, 0.3) is 0 Å². The van der Waals surface area contributed by atoms with E-state index >= 15 is 0 Å². The van der Waals surface area contributed by atoms with E-state index in [-0.39, 0.29) is 0 Å². The Balaban J connectivity index is 2.45. The van der Waals surface area contributed by atoms with Crippen molar-refractivity contribution >= 4 is 0 Å². The zero-order chi connectivity index (χ0) is 8.81. The second-order valence-electron chi connectivity index (χ2n) is 3.57. The van der Waals surface area contributed by atoms with Gasteiger partial charge in [0.05, 0.1) is 0 Å². The highest BCUT2D eigenvalue weighted by Crippen LogP contribution is 2.18. The number of hydrogen-bond acceptors (Lipinski definition) is 1. The first kappa shape index (κ1) is 9.63. The van der Waals surface area contributed by atoms with Crippen molar-refractivity contribution < 1.29 is 0 Å². The second kappa shape index (κ2) is 5.23. The first-order valence-electron chi connectivity index (χ1n) is 5.32. The fourth-order valence-electron chi connectivity index (χ4n) is 1.87. The lowest BCUT2D eigenvalue weighted by Crippen LogP contribution is -2.27. The Morgan fingerprint density at radius 1 is 1.33 bits per heavy atom. The van der Waals surface area contributed by atoms with E-state index in [9.17, 15) is 0 Å². The maximum atomic E-state index is 2.56. The molecule has 0 atom stereocenters. The lowest BCUT2D eigenvalue weighted by atomic mass is 10.1. The number of hydrogen-bond donors (Lipinski definition) is 0. The van der Waals surface area contributed by atoms with Crippen molar-refractivity contribution in [3.05, 3.63) is 11.8 Å². The van der Waals surface area contributed by atoms with Crippen LogP contribution in [0.2, 0.25) is 0 Å². The van der Waals surface area contributed by atoms with Crippen molar-refractivity contribution in [1.29, 1.82) is 0 Å². The van der Waals surface area contributed by atoms with E-state index in [4.69, 9.17) is 0 Å². The van der Waals surface area contributed by atoms with Crippen LogP contribution in [0.4, 0.5) is 0 Å². The third-order valence-corrected chi connectivity index (χ3v) is 2.42. The highest BCUT2D eigenvalue weighted by molar-refractivity contribution is 5.04. The minimum absolute atomic E-state index is 1.26. The molecule has 0 aliphatic carbocycles. The first-order chi connectivity index (χ1) is 5.88. The van der Waals surface area contributed by atoms with E-state index in [1.165, 1.54) is 45.2 Å². The van der Waals surface area contributed by atoms with Crippen LogP contribution in [0.5, 0.6) is 0 Å². The minimum Gasteiger partial charge on any atom is -0.375 e. The summed E-state index contributed by atoms with van der Waals surface area (Å²) in [5, 5.41) is 0. The van der Waals surface area contributed by atoms with E-state index in [1.54, 1.807) is 5.70 Å². The summed E-state index contributed by atoms with van der Waals surface area (Å²) in [6.45, 7) is 7.07. The highest BCUT2D eigenvalue weighted by Gasteiger charge is 2.10. The molecule has 1 rings (SSSR count). The monoisotopic (exact) mass is 167 g/mol. The summed E-state index contributed by atoms with van der Waals surface area (Å²) >= 11 is 0. The van der Waals surface area contributed by atoms with Gasteiger partial charge in [0.15, 0.2) is 0 Å². The molecule has 0 radical (unpaired) electrons. The molecule has 0 saturated carbocycles. The summed E-state index contributed by atoms with van der Waals surface area (Å²) in [4.78, 5) is 2.56. The Hall–Kier alpha value is -0.460. The van der Waals surface area contributed by atoms with Gasteiger partial charge in [-0.05, 0) is 25.7 Å². The average molecular weight is 167 g/mol. The summed E-state index contributed by atoms with van der Waals surface area (Å²) in [5.74, 6) is 0. The standard InChI is InChI=1S/C11H21N/c1-3-7-11-8-5-6-10-12(11)9-4-2/h8H,3-7,9-10H2,1-2H3. The topological polar surface area (TPSA) is 3.24 Å². The summed E-state index contributed by atoms with van der Waals surface area (Å²) in [5.41, 5.74) is 1.60. The van der Waals surface area contributed by atoms with Crippen LogP contribution in [0.3, 0.4) is 0 Å². The molecule has 0 amide bonds. The molecule has 0 aromatic rings. The number of rotatable bonds is 4. The second-order valence-corrected chi connectivity index (χ2v) is 3.57. The van der Waals surface area contributed by atoms with Crippen molar-refractivity contribution in [3.63, 3.8) is 0 Å². The zero-order valence-corrected chi connectivity index (χ0v) is 8.47. The van der Waals surface area contributed by atoms with E-state index < -0.39 is 0 Å². The van der Waals surface area contributed by atoms with Crippen molar-refractivity contribution in [1.82, 2.24) is 4.90 Å². The van der Waals surface area contributed by atoms with E-state index in [0.717, 1.165) is 0 Å². The molecule has 0 aromatic heterocycles. The highest BCUT2D eigenvalue weighted by atomic mass is 15.1. The molecule has 1 heterocycles. The largest absolute Gasteiger partial charge is 0.375 e. The third-order valence-electron chi connectivity index (χ3n) is 2.42. The minimum atomic E-state index is 1.26. The van der Waals surface area contributed by atoms with Crippen LogP contribution < -0.4 is 0 Å². The van der Waals surface area contributed by atoms with E-state index in [1.807, 2.05) is 0 Å². The molecule has 0 N–H and O–H groups in total. The molecular weight excluding hydrogens is 146 g/mol. The van der Waals surface area contributed by atoms with Gasteiger partial charge in [-0.15, -0.1) is 0 Å². The molecule has 1 nitrogen and oxygen atoms in total. The fraction of sp³-hybridized carbons (Fsp3) is 0.818. The van der Waals surface area contributed by atoms with E-state index in [2.05, 4.69) is 24.8 Å². The predicted molar refractivity (Wildman–Crippen MR) is 54.1 cm³/mol. The molecule has 0 aromatic carbocycles. The van der Waals surface area contributed by atoms with Crippen LogP contribution >= 0.6 is 0 Å². The van der Waals surface area contributed by atoms with E-state index in [0.29, 0.717) is 0 Å². The molecule has 0 unspecified atom stereocenters. The van der Waals surface area contributed by atoms with Crippen LogP contribution in [-0.4, -0.2) is 18.0 Å². The molecule has 0 bridgehead atoms. The zero-order valence-electron chi connectivity index (χ0n) is 8.47. The van der Waals surface area contributed by atoms with Gasteiger partial charge in [-0.3, -0.25) is 0 Å². The van der Waals surface area contributed by atoms with Crippen LogP contribution in [0, 0.1) is 0 Å². The summed E-state index contributed by atoms with van der Waals surface area (Å²) < 4.78 is 0. The number of allylic oxidation sites excluding steroid dienone is 2. The van der Waals surface area contributed by atoms with Gasteiger partial charge in [0, 0.05) is 18.8 Å². The Bertz CT molecular complexity index is 149. The smallest absolute Gasteiger partial charge is 0.0177 e. The normalized spacial score (nSPS) is 17.8. The van der Waals surface area contributed by atoms with Gasteiger partial charge >= 0.3 is 0 Å². The van der Waals surface area contributed by atoms with Gasteiger partial charge in [-0.2, -0.15) is 0 Å². The average Bonchev–Trinajstić information content (AvgIpc) is 2.09. The number of nitrogens with zero attached hydrogens (tertiary/aromatic N) is 1. The van der Waals surface area contributed by atoms with Crippen LogP contribution in [-0.2, 0) is 0 Å². The molecule has 0 saturated heterocycles. The van der Waals surface area contributed by atoms with Crippen LogP contribution in [0.1, 0.15) is 46.0 Å². The first-order valence-corrected chi connectivity index (χ1v) is 5.32. The Labute approximate surface area is 76.5 Å². The molecule has 1 aliphatic rings. The maximum absolute atomic E-state index is 2.56. The van der Waals surface area contributed by atoms with Gasteiger partial charge in [-0.25, -0.2) is 0 Å². The van der Waals surface area contributed by atoms with Gasteiger partial charge in [0.2, 0.25) is 0 Å². The Morgan fingerprint density at radius 2 is 2.17 bits per heavy atom. The van der Waals surface area contributed by atoms with Gasteiger partial charge < -0.3 is 4.90 Å². The summed E-state index contributed by atoms with van der Waals surface area (Å²) in [7, 11) is 0. The lowest BCUT2D eigenvalue weighted by molar-refractivity contribution is 0.311. The SMILES string of the molecule is CCCC1=CCCCN1CCC.